The van der Waals surface area contributed by atoms with Crippen LogP contribution >= 0.6 is 0 Å². The topological polar surface area (TPSA) is 62.9 Å². The highest BCUT2D eigenvalue weighted by Crippen LogP contribution is 2.73. The Bertz CT molecular complexity index is 665. The van der Waals surface area contributed by atoms with E-state index < -0.39 is 0 Å². The van der Waals surface area contributed by atoms with Gasteiger partial charge in [-0.25, -0.2) is 0 Å². The van der Waals surface area contributed by atoms with E-state index in [-0.39, 0.29) is 40.9 Å². The molecular formula is C16H14N2O3. The summed E-state index contributed by atoms with van der Waals surface area (Å²) in [4.78, 5) is 25.2. The van der Waals surface area contributed by atoms with E-state index in [4.69, 9.17) is 4.42 Å². The molecule has 1 saturated heterocycles. The predicted molar refractivity (Wildman–Crippen MR) is 72.9 cm³/mol. The van der Waals surface area contributed by atoms with Gasteiger partial charge >= 0.3 is 0 Å². The third-order valence-electron chi connectivity index (χ3n) is 5.67. The number of carbonyl (C=O) groups is 2. The zero-order valence-electron chi connectivity index (χ0n) is 11.3. The maximum absolute atomic E-state index is 12.6. The third kappa shape index (κ3) is 1.25. The molecule has 106 valence electrons. The molecule has 1 aromatic rings. The van der Waals surface area contributed by atoms with E-state index in [1.54, 1.807) is 12.1 Å². The minimum absolute atomic E-state index is 0.143. The first kappa shape index (κ1) is 11.5. The Labute approximate surface area is 121 Å². The number of hydrogen-bond donors (Lipinski definition) is 0. The second-order valence-corrected chi connectivity index (χ2v) is 6.47. The number of nitrogens with zero attached hydrogens (tertiary/aromatic N) is 2. The van der Waals surface area contributed by atoms with Crippen molar-refractivity contribution in [1.82, 2.24) is 5.01 Å². The number of hydrogen-bond acceptors (Lipinski definition) is 4. The van der Waals surface area contributed by atoms with Crippen molar-refractivity contribution in [1.29, 1.82) is 0 Å². The molecule has 0 radical (unpaired) electrons. The van der Waals surface area contributed by atoms with Crippen molar-refractivity contribution in [2.75, 3.05) is 0 Å². The Morgan fingerprint density at radius 2 is 1.86 bits per heavy atom. The molecule has 5 nitrogen and oxygen atoms in total. The van der Waals surface area contributed by atoms with E-state index in [1.807, 2.05) is 0 Å². The van der Waals surface area contributed by atoms with Crippen molar-refractivity contribution in [3.05, 3.63) is 36.3 Å². The smallest absolute Gasteiger partial charge is 0.254 e. The van der Waals surface area contributed by atoms with Gasteiger partial charge in [-0.3, -0.25) is 9.59 Å². The molecule has 4 aliphatic rings. The van der Waals surface area contributed by atoms with Crippen LogP contribution in [0.2, 0.25) is 0 Å². The lowest BCUT2D eigenvalue weighted by molar-refractivity contribution is -0.141. The molecule has 21 heavy (non-hydrogen) atoms. The van der Waals surface area contributed by atoms with Crippen LogP contribution in [0, 0.1) is 29.1 Å². The van der Waals surface area contributed by atoms with Gasteiger partial charge in [0.2, 0.25) is 0 Å². The van der Waals surface area contributed by atoms with E-state index in [9.17, 15) is 9.59 Å². The SMILES string of the molecule is O=C1[C@@H]2[C@H](C(=O)N1/N=C\c1ccco1)[C@H]1C=C[C@H]2C12CC2. The molecule has 1 spiro atoms. The Morgan fingerprint density at radius 3 is 2.38 bits per heavy atom. The predicted octanol–water partition coefficient (Wildman–Crippen LogP) is 1.81. The quantitative estimate of drug-likeness (QED) is 0.472. The molecule has 5 heteroatoms. The molecule has 2 heterocycles. The van der Waals surface area contributed by atoms with Gasteiger partial charge in [0.25, 0.3) is 11.8 Å². The minimum atomic E-state index is -0.191. The van der Waals surface area contributed by atoms with Gasteiger partial charge < -0.3 is 4.42 Å². The summed E-state index contributed by atoms with van der Waals surface area (Å²) in [6.07, 6.45) is 9.58. The number of fused-ring (bicyclic) bond motifs is 3. The van der Waals surface area contributed by atoms with Gasteiger partial charge in [-0.05, 0) is 42.2 Å². The summed E-state index contributed by atoms with van der Waals surface area (Å²) < 4.78 is 5.14. The van der Waals surface area contributed by atoms with Gasteiger partial charge in [-0.15, -0.1) is 0 Å². The van der Waals surface area contributed by atoms with Crippen LogP contribution in [0.5, 0.6) is 0 Å². The first-order valence-corrected chi connectivity index (χ1v) is 7.36. The van der Waals surface area contributed by atoms with E-state index in [0.29, 0.717) is 5.76 Å². The Balaban J connectivity index is 1.48. The van der Waals surface area contributed by atoms with Crippen LogP contribution in [0.1, 0.15) is 18.6 Å². The normalized spacial score (nSPS) is 38.2. The summed E-state index contributed by atoms with van der Waals surface area (Å²) >= 11 is 0. The largest absolute Gasteiger partial charge is 0.463 e. The molecule has 1 aromatic heterocycles. The van der Waals surface area contributed by atoms with Crippen LogP contribution in [-0.4, -0.2) is 23.0 Å². The maximum atomic E-state index is 12.6. The lowest BCUT2D eigenvalue weighted by Gasteiger charge is -2.18. The van der Waals surface area contributed by atoms with Crippen LogP contribution < -0.4 is 0 Å². The van der Waals surface area contributed by atoms with E-state index >= 15 is 0 Å². The molecule has 1 aliphatic heterocycles. The molecular weight excluding hydrogens is 268 g/mol. The second kappa shape index (κ2) is 3.53. The van der Waals surface area contributed by atoms with Crippen molar-refractivity contribution in [3.63, 3.8) is 0 Å². The molecule has 2 bridgehead atoms. The van der Waals surface area contributed by atoms with Crippen LogP contribution in [0.3, 0.4) is 0 Å². The van der Waals surface area contributed by atoms with Gasteiger partial charge in [-0.2, -0.15) is 10.1 Å². The van der Waals surface area contributed by atoms with Crippen LogP contribution in [0.15, 0.2) is 40.1 Å². The zero-order valence-corrected chi connectivity index (χ0v) is 11.3. The molecule has 4 atom stereocenters. The van der Waals surface area contributed by atoms with E-state index in [1.165, 1.54) is 12.5 Å². The summed E-state index contributed by atoms with van der Waals surface area (Å²) in [6.45, 7) is 0. The molecule has 3 aliphatic carbocycles. The number of allylic oxidation sites excluding steroid dienone is 2. The standard InChI is InChI=1S/C16H14N2O3/c19-14-12-10-3-4-11(16(10)5-6-16)13(12)15(20)18(14)17-8-9-2-1-7-21-9/h1-4,7-8,10-13H,5-6H2/b17-8-/t10-,11-,12-,13+/m1/s1. The Kier molecular flexibility index (Phi) is 1.93. The molecule has 0 aromatic carbocycles. The second-order valence-electron chi connectivity index (χ2n) is 6.47. The number of furan rings is 1. The van der Waals surface area contributed by atoms with Crippen LogP contribution in [0.4, 0.5) is 0 Å². The summed E-state index contributed by atoms with van der Waals surface area (Å²) in [5, 5.41) is 5.12. The number of rotatable bonds is 2. The lowest BCUT2D eigenvalue weighted by Crippen LogP contribution is -2.30. The number of hydrazone groups is 1. The van der Waals surface area contributed by atoms with Crippen LogP contribution in [0.25, 0.3) is 0 Å². The molecule has 0 N–H and O–H groups in total. The number of carbonyl (C=O) groups excluding carboxylic acids is 2. The van der Waals surface area contributed by atoms with Crippen molar-refractivity contribution in [2.24, 2.45) is 34.2 Å². The van der Waals surface area contributed by atoms with Gasteiger partial charge in [-0.1, -0.05) is 12.2 Å². The highest BCUT2D eigenvalue weighted by Gasteiger charge is 2.73. The van der Waals surface area contributed by atoms with E-state index in [0.717, 1.165) is 17.9 Å². The first-order valence-electron chi connectivity index (χ1n) is 7.36. The van der Waals surface area contributed by atoms with E-state index in [2.05, 4.69) is 17.3 Å². The highest BCUT2D eigenvalue weighted by atomic mass is 16.3. The molecule has 2 amide bonds. The summed E-state index contributed by atoms with van der Waals surface area (Å²) in [5.41, 5.74) is 0.234. The number of imide groups is 1. The van der Waals surface area contributed by atoms with Crippen molar-refractivity contribution in [2.45, 2.75) is 12.8 Å². The molecule has 5 rings (SSSR count). The Hall–Kier alpha value is -2.17. The lowest BCUT2D eigenvalue weighted by atomic mass is 9.85. The van der Waals surface area contributed by atoms with Gasteiger partial charge in [0.1, 0.15) is 5.76 Å². The summed E-state index contributed by atoms with van der Waals surface area (Å²) in [5.74, 6) is 0.354. The molecule has 2 saturated carbocycles. The fraction of sp³-hybridized carbons (Fsp3) is 0.438. The van der Waals surface area contributed by atoms with Gasteiger partial charge in [0.05, 0.1) is 24.3 Å². The molecule has 0 unspecified atom stereocenters. The average Bonchev–Trinajstić information content (AvgIpc) is 2.77. The fourth-order valence-corrected chi connectivity index (χ4v) is 4.66. The number of amides is 2. The first-order chi connectivity index (χ1) is 10.2. The minimum Gasteiger partial charge on any atom is -0.463 e. The van der Waals surface area contributed by atoms with Gasteiger partial charge in [0.15, 0.2) is 0 Å². The third-order valence-corrected chi connectivity index (χ3v) is 5.67. The highest BCUT2D eigenvalue weighted by molar-refractivity contribution is 6.07. The fourth-order valence-electron chi connectivity index (χ4n) is 4.66. The molecule has 3 fully saturated rings. The Morgan fingerprint density at radius 1 is 1.19 bits per heavy atom. The average molecular weight is 282 g/mol. The van der Waals surface area contributed by atoms with Crippen molar-refractivity contribution < 1.29 is 14.0 Å². The zero-order chi connectivity index (χ0) is 14.2. The summed E-state index contributed by atoms with van der Waals surface area (Å²) in [7, 11) is 0. The van der Waals surface area contributed by atoms with Crippen molar-refractivity contribution in [3.8, 4) is 0 Å². The maximum Gasteiger partial charge on any atom is 0.254 e. The summed E-state index contributed by atoms with van der Waals surface area (Å²) in [6, 6.07) is 3.48. The van der Waals surface area contributed by atoms with Gasteiger partial charge in [0, 0.05) is 0 Å². The monoisotopic (exact) mass is 282 g/mol. The van der Waals surface area contributed by atoms with Crippen molar-refractivity contribution >= 4 is 18.0 Å². The van der Waals surface area contributed by atoms with Crippen LogP contribution in [-0.2, 0) is 9.59 Å².